The fraction of sp³-hybridized carbons (Fsp3) is 0.941. The molecule has 0 aromatic carbocycles. The van der Waals surface area contributed by atoms with Gasteiger partial charge >= 0.3 is 0 Å². The first kappa shape index (κ1) is 17.7. The molecule has 1 heterocycles. The highest BCUT2D eigenvalue weighted by Crippen LogP contribution is 2.66. The molecule has 2 saturated carbocycles. The Balaban J connectivity index is 0.00000161. The SMILES string of the molecule is CC12CCC(C(CC[N+]3(C)CCOCC3)C1=O)C2(C)C.[I-]. The number of morpholine rings is 1. The van der Waals surface area contributed by atoms with Crippen LogP contribution >= 0.6 is 0 Å². The molecule has 2 aliphatic carbocycles. The van der Waals surface area contributed by atoms with E-state index < -0.39 is 0 Å². The Morgan fingerprint density at radius 1 is 1.24 bits per heavy atom. The molecule has 0 aromatic heterocycles. The Morgan fingerprint density at radius 3 is 2.38 bits per heavy atom. The number of rotatable bonds is 3. The number of carbonyl (C=O) groups is 1. The quantitative estimate of drug-likeness (QED) is 0.466. The Morgan fingerprint density at radius 2 is 1.86 bits per heavy atom. The topological polar surface area (TPSA) is 26.3 Å². The van der Waals surface area contributed by atoms with Gasteiger partial charge in [-0.1, -0.05) is 20.8 Å². The van der Waals surface area contributed by atoms with Gasteiger partial charge in [0.1, 0.15) is 18.9 Å². The molecule has 3 unspecified atom stereocenters. The zero-order valence-electron chi connectivity index (χ0n) is 14.0. The van der Waals surface area contributed by atoms with Crippen molar-refractivity contribution in [3.05, 3.63) is 0 Å². The van der Waals surface area contributed by atoms with Crippen LogP contribution in [-0.2, 0) is 9.53 Å². The molecule has 0 N–H and O–H groups in total. The van der Waals surface area contributed by atoms with Gasteiger partial charge < -0.3 is 33.2 Å². The van der Waals surface area contributed by atoms with Crippen molar-refractivity contribution >= 4 is 5.78 Å². The summed E-state index contributed by atoms with van der Waals surface area (Å²) in [6.45, 7) is 12.0. The Bertz CT molecular complexity index is 417. The highest BCUT2D eigenvalue weighted by atomic mass is 127. The maximum Gasteiger partial charge on any atom is 0.142 e. The van der Waals surface area contributed by atoms with Gasteiger partial charge in [0.25, 0.3) is 0 Å². The standard InChI is InChI=1S/C17H30NO2.HI/c1-16(2)14-5-7-17(16,3)15(19)13(14)6-8-18(4)9-11-20-12-10-18;/h13-14H,5-12H2,1-4H3;1H/q+1;/p-1. The molecule has 2 bridgehead atoms. The number of nitrogens with zero attached hydrogens (tertiary/aromatic N) is 1. The number of hydrogen-bond acceptors (Lipinski definition) is 2. The fourth-order valence-corrected chi connectivity index (χ4v) is 5.06. The van der Waals surface area contributed by atoms with Gasteiger partial charge in [-0.25, -0.2) is 0 Å². The van der Waals surface area contributed by atoms with Crippen molar-refractivity contribution in [3.63, 3.8) is 0 Å². The second kappa shape index (κ2) is 5.75. The van der Waals surface area contributed by atoms with Gasteiger partial charge in [0.05, 0.1) is 26.8 Å². The first-order chi connectivity index (χ1) is 9.30. The van der Waals surface area contributed by atoms with Crippen molar-refractivity contribution in [2.75, 3.05) is 39.9 Å². The largest absolute Gasteiger partial charge is 1.00 e. The van der Waals surface area contributed by atoms with E-state index in [0.29, 0.717) is 17.6 Å². The summed E-state index contributed by atoms with van der Waals surface area (Å²) >= 11 is 0. The minimum absolute atomic E-state index is 0. The van der Waals surface area contributed by atoms with Crippen molar-refractivity contribution in [2.45, 2.75) is 40.0 Å². The van der Waals surface area contributed by atoms with E-state index >= 15 is 0 Å². The third kappa shape index (κ3) is 2.59. The lowest BCUT2D eigenvalue weighted by atomic mass is 9.70. The van der Waals surface area contributed by atoms with Crippen molar-refractivity contribution in [2.24, 2.45) is 22.7 Å². The van der Waals surface area contributed by atoms with Crippen LogP contribution in [0.15, 0.2) is 0 Å². The number of ether oxygens (including phenoxy) is 1. The van der Waals surface area contributed by atoms with Crippen molar-refractivity contribution < 1.29 is 38.0 Å². The van der Waals surface area contributed by atoms with Crippen LogP contribution in [-0.4, -0.2) is 50.2 Å². The molecule has 122 valence electrons. The minimum Gasteiger partial charge on any atom is -1.00 e. The Kier molecular flexibility index (Phi) is 4.84. The highest BCUT2D eigenvalue weighted by Gasteiger charge is 2.65. The monoisotopic (exact) mass is 407 g/mol. The zero-order chi connectivity index (χ0) is 14.6. The third-order valence-corrected chi connectivity index (χ3v) is 7.20. The second-order valence-corrected chi connectivity index (χ2v) is 8.36. The van der Waals surface area contributed by atoms with Gasteiger partial charge in [-0.3, -0.25) is 4.79 Å². The molecule has 3 rings (SSSR count). The maximum atomic E-state index is 12.8. The average molecular weight is 407 g/mol. The number of ketones is 1. The molecule has 4 heteroatoms. The summed E-state index contributed by atoms with van der Waals surface area (Å²) in [6, 6.07) is 0. The smallest absolute Gasteiger partial charge is 0.142 e. The minimum atomic E-state index is -0.0497. The molecule has 0 radical (unpaired) electrons. The molecule has 3 fully saturated rings. The summed E-state index contributed by atoms with van der Waals surface area (Å²) in [5.74, 6) is 1.51. The van der Waals surface area contributed by atoms with Gasteiger partial charge in [0.15, 0.2) is 0 Å². The fourth-order valence-electron chi connectivity index (χ4n) is 5.06. The molecule has 3 nitrogen and oxygen atoms in total. The number of Topliss-reactive ketones (excluding diaryl/α,β-unsaturated/α-hetero) is 1. The van der Waals surface area contributed by atoms with Gasteiger partial charge in [-0.15, -0.1) is 0 Å². The number of likely N-dealkylation sites (N-methyl/N-ethyl adjacent to an activating group) is 1. The predicted octanol–water partition coefficient (Wildman–Crippen LogP) is -0.501. The van der Waals surface area contributed by atoms with Crippen LogP contribution in [0.25, 0.3) is 0 Å². The van der Waals surface area contributed by atoms with Crippen LogP contribution in [0.1, 0.15) is 40.0 Å². The summed E-state index contributed by atoms with van der Waals surface area (Å²) < 4.78 is 6.56. The molecule has 0 aromatic rings. The van der Waals surface area contributed by atoms with E-state index in [0.717, 1.165) is 50.2 Å². The zero-order valence-corrected chi connectivity index (χ0v) is 16.1. The second-order valence-electron chi connectivity index (χ2n) is 8.36. The number of halogens is 1. The summed E-state index contributed by atoms with van der Waals surface area (Å²) in [4.78, 5) is 12.8. The molecule has 1 aliphatic heterocycles. The molecule has 3 aliphatic rings. The van der Waals surface area contributed by atoms with Gasteiger partial charge in [-0.05, 0) is 24.2 Å². The van der Waals surface area contributed by atoms with Crippen LogP contribution < -0.4 is 24.0 Å². The number of quaternary nitrogens is 1. The molecule has 3 atom stereocenters. The van der Waals surface area contributed by atoms with Gasteiger partial charge in [0, 0.05) is 17.8 Å². The maximum absolute atomic E-state index is 12.8. The van der Waals surface area contributed by atoms with Crippen molar-refractivity contribution in [1.82, 2.24) is 0 Å². The van der Waals surface area contributed by atoms with E-state index in [2.05, 4.69) is 27.8 Å². The summed E-state index contributed by atoms with van der Waals surface area (Å²) in [6.07, 6.45) is 3.45. The van der Waals surface area contributed by atoms with Crippen molar-refractivity contribution in [3.8, 4) is 0 Å². The lowest BCUT2D eigenvalue weighted by Gasteiger charge is -2.39. The van der Waals surface area contributed by atoms with Gasteiger partial charge in [-0.2, -0.15) is 0 Å². The number of hydrogen-bond donors (Lipinski definition) is 0. The number of carbonyl (C=O) groups excluding carboxylic acids is 1. The van der Waals surface area contributed by atoms with E-state index in [9.17, 15) is 4.79 Å². The number of fused-ring (bicyclic) bond motifs is 2. The Hall–Kier alpha value is 0.320. The normalized spacial score (nSPS) is 40.1. The van der Waals surface area contributed by atoms with E-state index in [4.69, 9.17) is 4.74 Å². The average Bonchev–Trinajstić information content (AvgIpc) is 2.70. The van der Waals surface area contributed by atoms with E-state index in [1.54, 1.807) is 0 Å². The van der Waals surface area contributed by atoms with E-state index in [1.807, 2.05) is 0 Å². The van der Waals surface area contributed by atoms with Gasteiger partial charge in [0.2, 0.25) is 0 Å². The molecule has 21 heavy (non-hydrogen) atoms. The highest BCUT2D eigenvalue weighted by molar-refractivity contribution is 5.91. The van der Waals surface area contributed by atoms with E-state index in [-0.39, 0.29) is 34.8 Å². The van der Waals surface area contributed by atoms with Crippen LogP contribution in [0.3, 0.4) is 0 Å². The molecule has 0 spiro atoms. The van der Waals surface area contributed by atoms with Crippen LogP contribution in [0.4, 0.5) is 0 Å². The van der Waals surface area contributed by atoms with E-state index in [1.165, 1.54) is 6.42 Å². The van der Waals surface area contributed by atoms with Crippen molar-refractivity contribution in [1.29, 1.82) is 0 Å². The summed E-state index contributed by atoms with van der Waals surface area (Å²) in [5.41, 5.74) is 0.157. The molecule has 1 saturated heterocycles. The lowest BCUT2D eigenvalue weighted by Crippen LogP contribution is -3.00. The first-order valence-electron chi connectivity index (χ1n) is 8.26. The summed E-state index contributed by atoms with van der Waals surface area (Å²) in [5, 5.41) is 0. The summed E-state index contributed by atoms with van der Waals surface area (Å²) in [7, 11) is 2.33. The first-order valence-corrected chi connectivity index (χ1v) is 8.26. The predicted molar refractivity (Wildman–Crippen MR) is 79.3 cm³/mol. The van der Waals surface area contributed by atoms with Crippen LogP contribution in [0.5, 0.6) is 0 Å². The Labute approximate surface area is 146 Å². The lowest BCUT2D eigenvalue weighted by molar-refractivity contribution is -0.917. The molecular formula is C17H30INO2. The van der Waals surface area contributed by atoms with Crippen LogP contribution in [0.2, 0.25) is 0 Å². The molecule has 0 amide bonds. The molecular weight excluding hydrogens is 377 g/mol. The van der Waals surface area contributed by atoms with Crippen LogP contribution in [0, 0.1) is 22.7 Å². The third-order valence-electron chi connectivity index (χ3n) is 7.20.